The number of carbonyl (C=O) groups excluding carboxylic acids is 2. The van der Waals surface area contributed by atoms with Crippen LogP contribution in [0.15, 0.2) is 70.9 Å². The minimum atomic E-state index is -0.866. The highest BCUT2D eigenvalue weighted by Gasteiger charge is 2.46. The SMILES string of the molecule is CCCCCOc1ccc(C2C(=C(O)c3ccc(OCC)cc3)C(=O)C(=O)N2Cc2ccco2)cc1OCC. The molecule has 1 aliphatic rings. The van der Waals surface area contributed by atoms with E-state index in [1.54, 1.807) is 54.6 Å². The van der Waals surface area contributed by atoms with Gasteiger partial charge >= 0.3 is 0 Å². The Balaban J connectivity index is 1.78. The van der Waals surface area contributed by atoms with Crippen LogP contribution >= 0.6 is 0 Å². The first kappa shape index (κ1) is 27.8. The van der Waals surface area contributed by atoms with Crippen molar-refractivity contribution in [1.82, 2.24) is 4.90 Å². The third kappa shape index (κ3) is 6.28. The van der Waals surface area contributed by atoms with Crippen LogP contribution in [0.5, 0.6) is 17.2 Å². The predicted molar refractivity (Wildman–Crippen MR) is 147 cm³/mol. The Labute approximate surface area is 228 Å². The smallest absolute Gasteiger partial charge is 0.296 e. The number of benzene rings is 2. The quantitative estimate of drug-likeness (QED) is 0.120. The maximum Gasteiger partial charge on any atom is 0.296 e. The highest BCUT2D eigenvalue weighted by atomic mass is 16.5. The number of aliphatic hydroxyl groups excluding tert-OH is 1. The maximum absolute atomic E-state index is 13.4. The summed E-state index contributed by atoms with van der Waals surface area (Å²) in [6.45, 7) is 7.42. The van der Waals surface area contributed by atoms with Crippen molar-refractivity contribution in [1.29, 1.82) is 0 Å². The first-order chi connectivity index (χ1) is 19.0. The molecule has 0 saturated carbocycles. The number of likely N-dealkylation sites (tertiary alicyclic amines) is 1. The average molecular weight is 534 g/mol. The standard InChI is InChI=1S/C31H35NO7/c1-4-7-8-17-39-25-16-13-22(19-26(25)37-6-3)28-27(29(33)21-11-14-23(15-12-21)36-5-2)30(34)31(35)32(28)20-24-10-9-18-38-24/h9-16,18-19,28,33H,4-8,17,20H2,1-3H3. The highest BCUT2D eigenvalue weighted by Crippen LogP contribution is 2.43. The third-order valence-electron chi connectivity index (χ3n) is 6.47. The molecule has 8 nitrogen and oxygen atoms in total. The Bertz CT molecular complexity index is 1290. The van der Waals surface area contributed by atoms with Crippen LogP contribution in [0.2, 0.25) is 0 Å². The third-order valence-corrected chi connectivity index (χ3v) is 6.47. The molecule has 1 N–H and O–H groups in total. The summed E-state index contributed by atoms with van der Waals surface area (Å²) >= 11 is 0. The van der Waals surface area contributed by atoms with E-state index in [1.807, 2.05) is 13.8 Å². The summed E-state index contributed by atoms with van der Waals surface area (Å²) in [5.74, 6) is 0.504. The van der Waals surface area contributed by atoms with Crippen LogP contribution in [0, 0.1) is 0 Å². The largest absolute Gasteiger partial charge is 0.507 e. The number of furan rings is 1. The molecule has 0 spiro atoms. The van der Waals surface area contributed by atoms with Crippen LogP contribution in [-0.2, 0) is 16.1 Å². The van der Waals surface area contributed by atoms with Gasteiger partial charge in [-0.15, -0.1) is 0 Å². The molecule has 3 aromatic rings. The minimum Gasteiger partial charge on any atom is -0.507 e. The number of carbonyl (C=O) groups is 2. The molecule has 1 atom stereocenters. The van der Waals surface area contributed by atoms with Crippen molar-refractivity contribution in [2.45, 2.75) is 52.6 Å². The lowest BCUT2D eigenvalue weighted by Crippen LogP contribution is -2.29. The second-order valence-corrected chi connectivity index (χ2v) is 9.16. The van der Waals surface area contributed by atoms with Gasteiger partial charge in [0.15, 0.2) is 11.5 Å². The molecule has 206 valence electrons. The Kier molecular flexibility index (Phi) is 9.31. The van der Waals surface area contributed by atoms with Crippen LogP contribution < -0.4 is 14.2 Å². The van der Waals surface area contributed by atoms with Crippen molar-refractivity contribution in [2.24, 2.45) is 0 Å². The maximum atomic E-state index is 13.4. The fraction of sp³-hybridized carbons (Fsp3) is 0.355. The summed E-state index contributed by atoms with van der Waals surface area (Å²) in [5.41, 5.74) is 1.01. The molecule has 0 aliphatic carbocycles. The molecule has 1 saturated heterocycles. The molecule has 39 heavy (non-hydrogen) atoms. The molecule has 1 aliphatic heterocycles. The second-order valence-electron chi connectivity index (χ2n) is 9.16. The molecule has 1 aromatic heterocycles. The zero-order valence-corrected chi connectivity index (χ0v) is 22.6. The Morgan fingerprint density at radius 3 is 2.36 bits per heavy atom. The van der Waals surface area contributed by atoms with Gasteiger partial charge in [0.05, 0.1) is 44.2 Å². The number of hydrogen-bond acceptors (Lipinski definition) is 7. The summed E-state index contributed by atoms with van der Waals surface area (Å²) in [6.07, 6.45) is 4.59. The van der Waals surface area contributed by atoms with Gasteiger partial charge in [-0.1, -0.05) is 25.8 Å². The fourth-order valence-electron chi connectivity index (χ4n) is 4.61. The van der Waals surface area contributed by atoms with Crippen molar-refractivity contribution in [3.05, 3.63) is 83.3 Å². The lowest BCUT2D eigenvalue weighted by atomic mass is 9.95. The number of amides is 1. The monoisotopic (exact) mass is 533 g/mol. The van der Waals surface area contributed by atoms with Gasteiger partial charge in [-0.25, -0.2) is 0 Å². The van der Waals surface area contributed by atoms with Gasteiger partial charge < -0.3 is 28.6 Å². The van der Waals surface area contributed by atoms with Gasteiger partial charge in [0.2, 0.25) is 0 Å². The van der Waals surface area contributed by atoms with E-state index in [-0.39, 0.29) is 17.9 Å². The summed E-state index contributed by atoms with van der Waals surface area (Å²) in [4.78, 5) is 28.1. The molecule has 2 aromatic carbocycles. The molecule has 1 fully saturated rings. The van der Waals surface area contributed by atoms with E-state index in [0.29, 0.717) is 54.0 Å². The molecule has 0 bridgehead atoms. The van der Waals surface area contributed by atoms with E-state index in [0.717, 1.165) is 19.3 Å². The van der Waals surface area contributed by atoms with Crippen molar-refractivity contribution in [3.63, 3.8) is 0 Å². The van der Waals surface area contributed by atoms with E-state index >= 15 is 0 Å². The lowest BCUT2D eigenvalue weighted by molar-refractivity contribution is -0.140. The van der Waals surface area contributed by atoms with E-state index in [9.17, 15) is 14.7 Å². The molecule has 4 rings (SSSR count). The number of aliphatic hydroxyl groups is 1. The Morgan fingerprint density at radius 2 is 1.69 bits per heavy atom. The van der Waals surface area contributed by atoms with Crippen LogP contribution in [0.4, 0.5) is 0 Å². The van der Waals surface area contributed by atoms with E-state index < -0.39 is 17.7 Å². The van der Waals surface area contributed by atoms with Gasteiger partial charge in [-0.05, 0) is 74.4 Å². The van der Waals surface area contributed by atoms with E-state index in [2.05, 4.69) is 6.92 Å². The number of Topliss-reactive ketones (excluding diaryl/α,β-unsaturated/α-hetero) is 1. The summed E-state index contributed by atoms with van der Waals surface area (Å²) < 4.78 is 22.8. The molecular weight excluding hydrogens is 498 g/mol. The van der Waals surface area contributed by atoms with E-state index in [1.165, 1.54) is 11.2 Å². The van der Waals surface area contributed by atoms with Gasteiger partial charge in [0.1, 0.15) is 17.3 Å². The number of unbranched alkanes of at least 4 members (excludes halogenated alkanes) is 2. The second kappa shape index (κ2) is 13.0. The van der Waals surface area contributed by atoms with Crippen LogP contribution in [-0.4, -0.2) is 41.5 Å². The first-order valence-corrected chi connectivity index (χ1v) is 13.4. The summed E-state index contributed by atoms with van der Waals surface area (Å²) in [7, 11) is 0. The lowest BCUT2D eigenvalue weighted by Gasteiger charge is -2.25. The van der Waals surface area contributed by atoms with Gasteiger partial charge in [-0.2, -0.15) is 0 Å². The fourth-order valence-corrected chi connectivity index (χ4v) is 4.61. The van der Waals surface area contributed by atoms with Gasteiger partial charge in [0, 0.05) is 5.56 Å². The summed E-state index contributed by atoms with van der Waals surface area (Å²) in [6, 6.07) is 14.7. The molecule has 8 heteroatoms. The zero-order valence-electron chi connectivity index (χ0n) is 22.6. The van der Waals surface area contributed by atoms with E-state index in [4.69, 9.17) is 18.6 Å². The molecular formula is C31H35NO7. The zero-order chi connectivity index (χ0) is 27.8. The topological polar surface area (TPSA) is 98.4 Å². The van der Waals surface area contributed by atoms with Crippen LogP contribution in [0.1, 0.15) is 63.0 Å². The Hall–Kier alpha value is -4.20. The van der Waals surface area contributed by atoms with Crippen molar-refractivity contribution >= 4 is 17.4 Å². The number of ketones is 1. The van der Waals surface area contributed by atoms with Crippen molar-refractivity contribution in [2.75, 3.05) is 19.8 Å². The molecule has 1 amide bonds. The van der Waals surface area contributed by atoms with Crippen molar-refractivity contribution in [3.8, 4) is 17.2 Å². The molecule has 2 heterocycles. The number of nitrogens with zero attached hydrogens (tertiary/aromatic N) is 1. The normalized spacial score (nSPS) is 16.5. The average Bonchev–Trinajstić information content (AvgIpc) is 3.54. The summed E-state index contributed by atoms with van der Waals surface area (Å²) in [5, 5.41) is 11.4. The van der Waals surface area contributed by atoms with Crippen LogP contribution in [0.25, 0.3) is 5.76 Å². The number of ether oxygens (including phenoxy) is 3. The Morgan fingerprint density at radius 1 is 0.923 bits per heavy atom. The minimum absolute atomic E-state index is 0.00483. The highest BCUT2D eigenvalue weighted by molar-refractivity contribution is 6.46. The predicted octanol–water partition coefficient (Wildman–Crippen LogP) is 6.27. The number of rotatable bonds is 13. The molecule has 0 radical (unpaired) electrons. The van der Waals surface area contributed by atoms with Crippen molar-refractivity contribution < 1.29 is 33.3 Å². The number of hydrogen-bond donors (Lipinski definition) is 1. The molecule has 1 unspecified atom stereocenters. The van der Waals surface area contributed by atoms with Gasteiger partial charge in [-0.3, -0.25) is 9.59 Å². The van der Waals surface area contributed by atoms with Crippen LogP contribution in [0.3, 0.4) is 0 Å². The first-order valence-electron chi connectivity index (χ1n) is 13.4. The van der Waals surface area contributed by atoms with Gasteiger partial charge in [0.25, 0.3) is 11.7 Å².